The summed E-state index contributed by atoms with van der Waals surface area (Å²) in [6.45, 7) is 3.30. The van der Waals surface area contributed by atoms with E-state index < -0.39 is 23.7 Å². The van der Waals surface area contributed by atoms with E-state index in [-0.39, 0.29) is 23.8 Å². The van der Waals surface area contributed by atoms with E-state index in [0.29, 0.717) is 11.3 Å². The van der Waals surface area contributed by atoms with Crippen LogP contribution in [0.15, 0.2) is 54.9 Å². The zero-order valence-corrected chi connectivity index (χ0v) is 16.8. The lowest BCUT2D eigenvalue weighted by molar-refractivity contribution is -0.137. The number of ether oxygens (including phenoxy) is 1. The fraction of sp³-hybridized carbons (Fsp3) is 0.227. The molecule has 9 heteroatoms. The Morgan fingerprint density at radius 3 is 2.48 bits per heavy atom. The van der Waals surface area contributed by atoms with E-state index in [1.54, 1.807) is 25.3 Å². The molecule has 0 unspecified atom stereocenters. The smallest absolute Gasteiger partial charge is 0.416 e. The average molecular weight is 431 g/mol. The van der Waals surface area contributed by atoms with Crippen LogP contribution in [0.25, 0.3) is 11.3 Å². The molecule has 2 N–H and O–H groups in total. The van der Waals surface area contributed by atoms with Crippen LogP contribution in [0.3, 0.4) is 0 Å². The van der Waals surface area contributed by atoms with Crippen molar-refractivity contribution in [1.29, 1.82) is 0 Å². The molecule has 0 fully saturated rings. The molecule has 0 radical (unpaired) electrons. The molecular formula is C22H20F3N3O3. The molecule has 1 atom stereocenters. The van der Waals surface area contributed by atoms with Gasteiger partial charge in [-0.25, -0.2) is 4.98 Å². The Labute approximate surface area is 176 Å². The van der Waals surface area contributed by atoms with Gasteiger partial charge >= 0.3 is 6.18 Å². The zero-order valence-electron chi connectivity index (χ0n) is 16.8. The molecule has 3 aromatic rings. The largest absolute Gasteiger partial charge is 0.438 e. The minimum Gasteiger partial charge on any atom is -0.438 e. The molecule has 0 saturated heterocycles. The second kappa shape index (κ2) is 9.13. The molecule has 0 aliphatic heterocycles. The molecular weight excluding hydrogens is 411 g/mol. The van der Waals surface area contributed by atoms with Crippen molar-refractivity contribution in [3.63, 3.8) is 0 Å². The molecule has 6 nitrogen and oxygen atoms in total. The van der Waals surface area contributed by atoms with Gasteiger partial charge in [0.05, 0.1) is 29.0 Å². The average Bonchev–Trinajstić information content (AvgIpc) is 2.73. The number of halogens is 3. The Kier molecular flexibility index (Phi) is 6.55. The molecule has 0 saturated carbocycles. The van der Waals surface area contributed by atoms with Crippen molar-refractivity contribution in [3.8, 4) is 22.9 Å². The Bertz CT molecular complexity index is 1070. The summed E-state index contributed by atoms with van der Waals surface area (Å²) in [6, 6.07) is 8.88. The summed E-state index contributed by atoms with van der Waals surface area (Å²) in [5.74, 6) is -0.200. The molecule has 2 heterocycles. The van der Waals surface area contributed by atoms with Gasteiger partial charge in [0.25, 0.3) is 5.91 Å². The van der Waals surface area contributed by atoms with Crippen LogP contribution in [0.4, 0.5) is 13.2 Å². The number of aliphatic hydroxyl groups is 1. The normalized spacial score (nSPS) is 12.3. The van der Waals surface area contributed by atoms with Crippen molar-refractivity contribution >= 4 is 5.91 Å². The van der Waals surface area contributed by atoms with E-state index in [0.717, 1.165) is 17.7 Å². The van der Waals surface area contributed by atoms with Crippen molar-refractivity contribution in [2.45, 2.75) is 26.1 Å². The van der Waals surface area contributed by atoms with E-state index in [4.69, 9.17) is 9.84 Å². The third-order valence-corrected chi connectivity index (χ3v) is 4.35. The third-order valence-electron chi connectivity index (χ3n) is 4.35. The number of hydrogen-bond donors (Lipinski definition) is 2. The van der Waals surface area contributed by atoms with Gasteiger partial charge in [-0.2, -0.15) is 13.2 Å². The van der Waals surface area contributed by atoms with Crippen LogP contribution in [0.1, 0.15) is 28.4 Å². The first kappa shape index (κ1) is 22.2. The first-order valence-corrected chi connectivity index (χ1v) is 9.37. The maximum atomic E-state index is 12.8. The summed E-state index contributed by atoms with van der Waals surface area (Å²) < 4.78 is 44.1. The minimum absolute atomic E-state index is 0.0876. The van der Waals surface area contributed by atoms with E-state index in [1.807, 2.05) is 6.92 Å². The third kappa shape index (κ3) is 5.58. The van der Waals surface area contributed by atoms with Crippen LogP contribution in [0.2, 0.25) is 0 Å². The lowest BCUT2D eigenvalue weighted by atomic mass is 10.1. The van der Waals surface area contributed by atoms with E-state index in [9.17, 15) is 18.0 Å². The van der Waals surface area contributed by atoms with Gasteiger partial charge in [-0.15, -0.1) is 0 Å². The van der Waals surface area contributed by atoms with Gasteiger partial charge in [0.2, 0.25) is 5.88 Å². The quantitative estimate of drug-likeness (QED) is 0.605. The van der Waals surface area contributed by atoms with Gasteiger partial charge in [-0.3, -0.25) is 9.78 Å². The second-order valence-corrected chi connectivity index (χ2v) is 6.98. The van der Waals surface area contributed by atoms with Crippen molar-refractivity contribution in [3.05, 3.63) is 71.5 Å². The highest BCUT2D eigenvalue weighted by Gasteiger charge is 2.30. The van der Waals surface area contributed by atoms with E-state index in [1.165, 1.54) is 24.4 Å². The minimum atomic E-state index is -4.45. The summed E-state index contributed by atoms with van der Waals surface area (Å²) in [5, 5.41) is 11.8. The van der Waals surface area contributed by atoms with Crippen LogP contribution in [0, 0.1) is 6.92 Å². The number of nitrogens with zero attached hydrogens (tertiary/aromatic N) is 2. The topological polar surface area (TPSA) is 84.3 Å². The van der Waals surface area contributed by atoms with E-state index in [2.05, 4.69) is 15.3 Å². The number of benzene rings is 1. The van der Waals surface area contributed by atoms with Gasteiger partial charge in [-0.05, 0) is 61.9 Å². The predicted molar refractivity (Wildman–Crippen MR) is 108 cm³/mol. The molecule has 3 rings (SSSR count). The molecule has 0 aliphatic carbocycles. The van der Waals surface area contributed by atoms with Gasteiger partial charge < -0.3 is 15.2 Å². The highest BCUT2D eigenvalue weighted by atomic mass is 19.4. The zero-order chi connectivity index (χ0) is 22.6. The lowest BCUT2D eigenvalue weighted by Crippen LogP contribution is -2.35. The van der Waals surface area contributed by atoms with Crippen LogP contribution >= 0.6 is 0 Å². The summed E-state index contributed by atoms with van der Waals surface area (Å²) in [6.07, 6.45) is -1.57. The molecule has 2 aromatic heterocycles. The second-order valence-electron chi connectivity index (χ2n) is 6.98. The number of aliphatic hydroxyl groups excluding tert-OH is 1. The van der Waals surface area contributed by atoms with Gasteiger partial charge in [0.1, 0.15) is 5.75 Å². The molecule has 1 amide bonds. The predicted octanol–water partition coefficient (Wildman–Crippen LogP) is 4.37. The molecule has 0 bridgehead atoms. The fourth-order valence-corrected chi connectivity index (χ4v) is 2.70. The van der Waals surface area contributed by atoms with Crippen LogP contribution in [-0.2, 0) is 6.18 Å². The highest BCUT2D eigenvalue weighted by molar-refractivity contribution is 5.95. The fourth-order valence-electron chi connectivity index (χ4n) is 2.70. The Hall–Kier alpha value is -3.46. The maximum Gasteiger partial charge on any atom is 0.416 e. The lowest BCUT2D eigenvalue weighted by Gasteiger charge is -2.14. The van der Waals surface area contributed by atoms with Crippen LogP contribution < -0.4 is 10.1 Å². The van der Waals surface area contributed by atoms with Crippen LogP contribution in [-0.4, -0.2) is 33.6 Å². The van der Waals surface area contributed by atoms with Crippen LogP contribution in [0.5, 0.6) is 11.6 Å². The number of pyridine rings is 2. The summed E-state index contributed by atoms with van der Waals surface area (Å²) in [4.78, 5) is 20.9. The number of hydrogen-bond acceptors (Lipinski definition) is 5. The van der Waals surface area contributed by atoms with Gasteiger partial charge in [0, 0.05) is 18.4 Å². The summed E-state index contributed by atoms with van der Waals surface area (Å²) in [7, 11) is 0. The Morgan fingerprint density at radius 1 is 1.16 bits per heavy atom. The highest BCUT2D eigenvalue weighted by Crippen LogP contribution is 2.34. The summed E-state index contributed by atoms with van der Waals surface area (Å²) >= 11 is 0. The number of rotatable bonds is 6. The van der Waals surface area contributed by atoms with Crippen molar-refractivity contribution < 1.29 is 27.8 Å². The molecule has 31 heavy (non-hydrogen) atoms. The number of carbonyl (C=O) groups is 1. The number of alkyl halides is 3. The number of nitrogens with one attached hydrogen (secondary N) is 1. The molecule has 0 spiro atoms. The Balaban J connectivity index is 1.98. The number of carbonyl (C=O) groups excluding carboxylic acids is 1. The number of aryl methyl sites for hydroxylation is 1. The first-order chi connectivity index (χ1) is 14.7. The van der Waals surface area contributed by atoms with Crippen molar-refractivity contribution in [2.24, 2.45) is 0 Å². The van der Waals surface area contributed by atoms with Gasteiger partial charge in [0.15, 0.2) is 0 Å². The molecule has 0 aliphatic rings. The monoisotopic (exact) mass is 431 g/mol. The maximum absolute atomic E-state index is 12.8. The van der Waals surface area contributed by atoms with Gasteiger partial charge in [-0.1, -0.05) is 0 Å². The number of amides is 1. The molecule has 1 aromatic carbocycles. The van der Waals surface area contributed by atoms with E-state index >= 15 is 0 Å². The standard InChI is InChI=1S/C22H20F3N3O3/c1-13-7-8-26-19(9-13)18-10-15(20(30)28-14(2)12-29)11-27-21(18)31-17-5-3-16(4-6-17)22(23,24)25/h3-11,14,29H,12H2,1-2H3,(H,28,30)/t14-/m1/s1. The summed E-state index contributed by atoms with van der Waals surface area (Å²) in [5.41, 5.74) is 1.22. The Morgan fingerprint density at radius 2 is 1.87 bits per heavy atom. The molecule has 162 valence electrons. The first-order valence-electron chi connectivity index (χ1n) is 9.37. The SMILES string of the molecule is Cc1ccnc(-c2cc(C(=O)N[C@H](C)CO)cnc2Oc2ccc(C(F)(F)F)cc2)c1. The van der Waals surface area contributed by atoms with Crippen molar-refractivity contribution in [1.82, 2.24) is 15.3 Å². The van der Waals surface area contributed by atoms with Crippen molar-refractivity contribution in [2.75, 3.05) is 6.61 Å². The number of aromatic nitrogens is 2.